The number of imide groups is 1. The summed E-state index contributed by atoms with van der Waals surface area (Å²) < 4.78 is 5.44. The van der Waals surface area contributed by atoms with Crippen LogP contribution in [0.25, 0.3) is 0 Å². The number of nitrogens with two attached hydrogens (primary N) is 1. The van der Waals surface area contributed by atoms with Crippen LogP contribution in [0.5, 0.6) is 5.75 Å². The number of carbonyl (C=O) groups is 3. The number of methoxy groups -OCH3 is 1. The quantitative estimate of drug-likeness (QED) is 0.253. The largest absolute Gasteiger partial charge is 0.496 e. The van der Waals surface area contributed by atoms with E-state index in [0.717, 1.165) is 16.9 Å². The second-order valence-corrected chi connectivity index (χ2v) is 9.48. The summed E-state index contributed by atoms with van der Waals surface area (Å²) in [6.07, 6.45) is 1.51. The standard InChI is InChI=1S/C27H34ClN5O6/c1-4-6-22(16-7-9-20(26(35)36)21(29)13-16)31-27(37)33-15-24(32-39-5-2)30-14-18(25(33)34)11-17-12-19(28)8-10-23(17)38-3/h7-10,12-13,18,22H,4-6,11,14-15,29H2,1-3H3,(H,30,32)(H,31,37)(H,35,36)/t18-,22?/m0/s1. The van der Waals surface area contributed by atoms with E-state index in [1.165, 1.54) is 19.2 Å². The van der Waals surface area contributed by atoms with Gasteiger partial charge in [0.1, 0.15) is 11.6 Å². The normalized spacial score (nSPS) is 16.2. The Morgan fingerprint density at radius 1 is 1.26 bits per heavy atom. The third-order valence-electron chi connectivity index (χ3n) is 6.30. The Bertz CT molecular complexity index is 1240. The molecule has 0 saturated carbocycles. The Labute approximate surface area is 232 Å². The minimum Gasteiger partial charge on any atom is -0.496 e. The fourth-order valence-electron chi connectivity index (χ4n) is 4.34. The van der Waals surface area contributed by atoms with Gasteiger partial charge >= 0.3 is 12.0 Å². The van der Waals surface area contributed by atoms with Crippen molar-refractivity contribution >= 4 is 41.0 Å². The van der Waals surface area contributed by atoms with E-state index >= 15 is 0 Å². The molecule has 0 aliphatic carbocycles. The van der Waals surface area contributed by atoms with Gasteiger partial charge in [0.25, 0.3) is 0 Å². The lowest BCUT2D eigenvalue weighted by Crippen LogP contribution is -2.50. The first-order valence-corrected chi connectivity index (χ1v) is 13.0. The maximum Gasteiger partial charge on any atom is 0.337 e. The number of nitrogens with one attached hydrogen (secondary N) is 2. The second kappa shape index (κ2) is 13.8. The molecular formula is C27H34ClN5O6. The first-order valence-electron chi connectivity index (χ1n) is 12.7. The highest BCUT2D eigenvalue weighted by Crippen LogP contribution is 2.28. The number of hydroxylamine groups is 1. The molecule has 39 heavy (non-hydrogen) atoms. The molecule has 3 amide bonds. The molecule has 1 unspecified atom stereocenters. The summed E-state index contributed by atoms with van der Waals surface area (Å²) in [5, 5.41) is 12.7. The highest BCUT2D eigenvalue weighted by molar-refractivity contribution is 6.30. The van der Waals surface area contributed by atoms with E-state index in [4.69, 9.17) is 26.9 Å². The Hall–Kier alpha value is -3.83. The lowest BCUT2D eigenvalue weighted by Gasteiger charge is -2.27. The zero-order valence-electron chi connectivity index (χ0n) is 22.2. The number of nitrogens with zero attached hydrogens (tertiary/aromatic N) is 2. The van der Waals surface area contributed by atoms with Crippen LogP contribution < -0.4 is 21.3 Å². The average Bonchev–Trinajstić information content (AvgIpc) is 3.05. The van der Waals surface area contributed by atoms with Crippen molar-refractivity contribution in [2.24, 2.45) is 10.9 Å². The van der Waals surface area contributed by atoms with Crippen molar-refractivity contribution < 1.29 is 29.1 Å². The van der Waals surface area contributed by atoms with Gasteiger partial charge in [-0.1, -0.05) is 31.0 Å². The number of carboxylic acid groups (broad SMARTS) is 1. The summed E-state index contributed by atoms with van der Waals surface area (Å²) in [5.74, 6) is -1.31. The fraction of sp³-hybridized carbons (Fsp3) is 0.407. The molecule has 0 bridgehead atoms. The van der Waals surface area contributed by atoms with Gasteiger partial charge in [-0.15, -0.1) is 0 Å². The van der Waals surface area contributed by atoms with E-state index < -0.39 is 29.9 Å². The monoisotopic (exact) mass is 559 g/mol. The summed E-state index contributed by atoms with van der Waals surface area (Å²) >= 11 is 6.19. The van der Waals surface area contributed by atoms with E-state index in [9.17, 15) is 19.5 Å². The number of aliphatic imine (C=N–C) groups is 1. The minimum atomic E-state index is -1.14. The van der Waals surface area contributed by atoms with Crippen LogP contribution in [-0.4, -0.2) is 60.6 Å². The van der Waals surface area contributed by atoms with Crippen molar-refractivity contribution in [2.75, 3.05) is 32.5 Å². The van der Waals surface area contributed by atoms with Crippen molar-refractivity contribution in [3.05, 3.63) is 58.1 Å². The van der Waals surface area contributed by atoms with Crippen LogP contribution in [-0.2, 0) is 16.1 Å². The lowest BCUT2D eigenvalue weighted by molar-refractivity contribution is -0.131. The molecule has 3 rings (SSSR count). The van der Waals surface area contributed by atoms with E-state index in [1.54, 1.807) is 31.2 Å². The maximum atomic E-state index is 13.7. The number of aromatic carboxylic acids is 1. The van der Waals surface area contributed by atoms with Gasteiger partial charge in [-0.05, 0) is 61.2 Å². The zero-order valence-corrected chi connectivity index (χ0v) is 23.0. The van der Waals surface area contributed by atoms with Crippen LogP contribution in [0.4, 0.5) is 10.5 Å². The minimum absolute atomic E-state index is 0.0230. The van der Waals surface area contributed by atoms with Gasteiger partial charge in [0.05, 0.1) is 44.3 Å². The molecule has 0 fully saturated rings. The highest BCUT2D eigenvalue weighted by Gasteiger charge is 2.34. The smallest absolute Gasteiger partial charge is 0.337 e. The molecule has 2 atom stereocenters. The number of halogens is 1. The van der Waals surface area contributed by atoms with Gasteiger partial charge in [-0.25, -0.2) is 9.59 Å². The van der Waals surface area contributed by atoms with Crippen LogP contribution in [0.15, 0.2) is 41.4 Å². The maximum absolute atomic E-state index is 13.7. The molecule has 1 aliphatic rings. The highest BCUT2D eigenvalue weighted by atomic mass is 35.5. The van der Waals surface area contributed by atoms with Crippen LogP contribution in [0, 0.1) is 5.92 Å². The van der Waals surface area contributed by atoms with Crippen LogP contribution in [0.3, 0.4) is 0 Å². The van der Waals surface area contributed by atoms with Crippen LogP contribution in [0.1, 0.15) is 54.2 Å². The molecule has 0 saturated heterocycles. The van der Waals surface area contributed by atoms with E-state index in [1.807, 2.05) is 6.92 Å². The number of hydrogen-bond acceptors (Lipinski definition) is 8. The number of anilines is 1. The molecule has 0 radical (unpaired) electrons. The number of nitrogen functional groups attached to an aromatic ring is 1. The number of rotatable bonds is 10. The van der Waals surface area contributed by atoms with Crippen molar-refractivity contribution in [2.45, 2.75) is 39.2 Å². The number of hydrogen-bond donors (Lipinski definition) is 4. The number of benzene rings is 2. The molecule has 1 aliphatic heterocycles. The number of ether oxygens (including phenoxy) is 1. The molecule has 11 nitrogen and oxygen atoms in total. The molecule has 210 valence electrons. The number of amidine groups is 1. The summed E-state index contributed by atoms with van der Waals surface area (Å²) in [6, 6.07) is 8.59. The van der Waals surface area contributed by atoms with Gasteiger partial charge in [-0.3, -0.25) is 25.0 Å². The first-order chi connectivity index (χ1) is 18.7. The van der Waals surface area contributed by atoms with E-state index in [0.29, 0.717) is 35.2 Å². The Morgan fingerprint density at radius 2 is 2.03 bits per heavy atom. The summed E-state index contributed by atoms with van der Waals surface area (Å²) in [5.41, 5.74) is 10.1. The Balaban J connectivity index is 1.89. The van der Waals surface area contributed by atoms with E-state index in [-0.39, 0.29) is 30.8 Å². The van der Waals surface area contributed by atoms with Crippen LogP contribution >= 0.6 is 11.6 Å². The topological polar surface area (TPSA) is 156 Å². The average molecular weight is 560 g/mol. The molecule has 12 heteroatoms. The molecule has 2 aromatic carbocycles. The van der Waals surface area contributed by atoms with Gasteiger partial charge in [0.2, 0.25) is 5.91 Å². The Kier molecular flexibility index (Phi) is 10.5. The summed E-state index contributed by atoms with van der Waals surface area (Å²) in [6.45, 7) is 4.11. The van der Waals surface area contributed by atoms with Gasteiger partial charge < -0.3 is 20.9 Å². The first kappa shape index (κ1) is 29.7. The number of amides is 3. The summed E-state index contributed by atoms with van der Waals surface area (Å²) in [4.78, 5) is 49.5. The summed E-state index contributed by atoms with van der Waals surface area (Å²) in [7, 11) is 1.54. The lowest BCUT2D eigenvalue weighted by atomic mass is 9.97. The number of carbonyl (C=O) groups excluding carboxylic acids is 2. The third kappa shape index (κ3) is 7.61. The number of urea groups is 1. The molecule has 0 aromatic heterocycles. The number of carboxylic acids is 1. The van der Waals surface area contributed by atoms with Crippen LogP contribution in [0.2, 0.25) is 5.02 Å². The van der Waals surface area contributed by atoms with Crippen molar-refractivity contribution in [1.29, 1.82) is 0 Å². The third-order valence-corrected chi connectivity index (χ3v) is 6.53. The van der Waals surface area contributed by atoms with Gasteiger partial charge in [-0.2, -0.15) is 0 Å². The Morgan fingerprint density at radius 3 is 2.67 bits per heavy atom. The fourth-order valence-corrected chi connectivity index (χ4v) is 4.54. The van der Waals surface area contributed by atoms with E-state index in [2.05, 4.69) is 15.8 Å². The SMILES string of the molecule is CCCC(NC(=O)N1CC(NOCC)=NC[C@H](Cc2cc(Cl)ccc2OC)C1=O)c1ccc(C(=O)O)c(N)c1. The molecule has 1 heterocycles. The van der Waals surface area contributed by atoms with Crippen molar-refractivity contribution in [1.82, 2.24) is 15.7 Å². The predicted molar refractivity (Wildman–Crippen MR) is 148 cm³/mol. The second-order valence-electron chi connectivity index (χ2n) is 9.05. The van der Waals surface area contributed by atoms with Gasteiger partial charge in [0.15, 0.2) is 0 Å². The molecule has 2 aromatic rings. The molecule has 5 N–H and O–H groups in total. The van der Waals surface area contributed by atoms with Gasteiger partial charge in [0, 0.05) is 10.7 Å². The molecule has 0 spiro atoms. The van der Waals surface area contributed by atoms with Crippen molar-refractivity contribution in [3.8, 4) is 5.75 Å². The zero-order chi connectivity index (χ0) is 28.5. The van der Waals surface area contributed by atoms with Crippen molar-refractivity contribution in [3.63, 3.8) is 0 Å². The molecular weight excluding hydrogens is 526 g/mol. The predicted octanol–water partition coefficient (Wildman–Crippen LogP) is 3.82.